The number of thiazole rings is 1. The number of rotatable bonds is 5. The van der Waals surface area contributed by atoms with Crippen molar-refractivity contribution in [3.63, 3.8) is 0 Å². The third kappa shape index (κ3) is 4.24. The number of hydrogen-bond donors (Lipinski definition) is 1. The molecule has 2 aliphatic heterocycles. The summed E-state index contributed by atoms with van der Waals surface area (Å²) in [5, 5.41) is 6.28. The largest absolute Gasteiger partial charge is 0.355 e. The Morgan fingerprint density at radius 3 is 2.86 bits per heavy atom. The zero-order chi connectivity index (χ0) is 15.4. The van der Waals surface area contributed by atoms with E-state index in [2.05, 4.69) is 32.3 Å². The lowest BCUT2D eigenvalue weighted by atomic mass is 9.94. The molecule has 22 heavy (non-hydrogen) atoms. The minimum atomic E-state index is 0.211. The van der Waals surface area contributed by atoms with Crippen LogP contribution in [0.3, 0.4) is 0 Å². The van der Waals surface area contributed by atoms with Gasteiger partial charge in [0.15, 0.2) is 0 Å². The van der Waals surface area contributed by atoms with E-state index in [0.29, 0.717) is 6.54 Å². The van der Waals surface area contributed by atoms with Crippen LogP contribution in [0.15, 0.2) is 5.38 Å². The molecular weight excluding hydrogens is 314 g/mol. The number of likely N-dealkylation sites (tertiary alicyclic amines) is 1. The summed E-state index contributed by atoms with van der Waals surface area (Å²) in [6.07, 6.45) is 4.20. The molecule has 4 nitrogen and oxygen atoms in total. The van der Waals surface area contributed by atoms with Crippen molar-refractivity contribution in [2.24, 2.45) is 5.92 Å². The number of hydrogen-bond acceptors (Lipinski definition) is 5. The van der Waals surface area contributed by atoms with Crippen molar-refractivity contribution in [2.45, 2.75) is 38.6 Å². The van der Waals surface area contributed by atoms with Crippen LogP contribution in [0.1, 0.15) is 30.0 Å². The lowest BCUT2D eigenvalue weighted by Crippen LogP contribution is -2.45. The molecule has 0 unspecified atom stereocenters. The first kappa shape index (κ1) is 16.3. The molecule has 122 valence electrons. The molecular formula is C16H25N3OS2. The predicted octanol–water partition coefficient (Wildman–Crippen LogP) is 2.33. The quantitative estimate of drug-likeness (QED) is 0.894. The number of nitrogens with one attached hydrogen (secondary N) is 1. The molecule has 6 heteroatoms. The van der Waals surface area contributed by atoms with Gasteiger partial charge in [0.1, 0.15) is 0 Å². The van der Waals surface area contributed by atoms with Gasteiger partial charge in [-0.3, -0.25) is 9.69 Å². The molecule has 2 fully saturated rings. The second kappa shape index (κ2) is 7.79. The van der Waals surface area contributed by atoms with Crippen LogP contribution in [0, 0.1) is 12.8 Å². The number of aromatic nitrogens is 1. The van der Waals surface area contributed by atoms with Gasteiger partial charge < -0.3 is 5.32 Å². The number of amides is 1. The molecule has 1 aromatic heterocycles. The third-order valence-corrected chi connectivity index (χ3v) is 6.64. The number of carbonyl (C=O) groups excluding carboxylic acids is 1. The Balaban J connectivity index is 1.36. The molecule has 2 saturated heterocycles. The zero-order valence-corrected chi connectivity index (χ0v) is 14.8. The minimum absolute atomic E-state index is 0.211. The van der Waals surface area contributed by atoms with Crippen molar-refractivity contribution < 1.29 is 4.79 Å². The van der Waals surface area contributed by atoms with Gasteiger partial charge in [-0.2, -0.15) is 11.8 Å². The highest BCUT2D eigenvalue weighted by atomic mass is 32.2. The number of thioether (sulfide) groups is 1. The minimum Gasteiger partial charge on any atom is -0.355 e. The first-order valence-corrected chi connectivity index (χ1v) is 10.3. The Morgan fingerprint density at radius 2 is 2.23 bits per heavy atom. The fraction of sp³-hybridized carbons (Fsp3) is 0.750. The van der Waals surface area contributed by atoms with Crippen LogP contribution in [-0.4, -0.2) is 53.0 Å². The summed E-state index contributed by atoms with van der Waals surface area (Å²) in [7, 11) is 0. The van der Waals surface area contributed by atoms with Crippen molar-refractivity contribution in [3.8, 4) is 0 Å². The molecule has 1 amide bonds. The van der Waals surface area contributed by atoms with Gasteiger partial charge in [0.25, 0.3) is 0 Å². The van der Waals surface area contributed by atoms with E-state index < -0.39 is 0 Å². The number of aryl methyl sites for hydroxylation is 1. The highest BCUT2D eigenvalue weighted by molar-refractivity contribution is 7.99. The lowest BCUT2D eigenvalue weighted by Gasteiger charge is -2.35. The van der Waals surface area contributed by atoms with Gasteiger partial charge in [0.2, 0.25) is 5.91 Å². The summed E-state index contributed by atoms with van der Waals surface area (Å²) in [5.41, 5.74) is 1.09. The molecule has 0 aliphatic carbocycles. The topological polar surface area (TPSA) is 45.2 Å². The van der Waals surface area contributed by atoms with E-state index >= 15 is 0 Å². The Labute approximate surface area is 141 Å². The molecule has 0 spiro atoms. The van der Waals surface area contributed by atoms with E-state index in [1.54, 1.807) is 11.3 Å². The molecule has 0 radical (unpaired) electrons. The Morgan fingerprint density at radius 1 is 1.41 bits per heavy atom. The van der Waals surface area contributed by atoms with Gasteiger partial charge >= 0.3 is 0 Å². The SMILES string of the molecule is Cc1nc(CCNC(=O)C2CCN([C@@H]3CCSC3)CC2)cs1. The van der Waals surface area contributed by atoms with Gasteiger partial charge in [-0.05, 0) is 45.0 Å². The van der Waals surface area contributed by atoms with Gasteiger partial charge in [-0.25, -0.2) is 4.98 Å². The van der Waals surface area contributed by atoms with Crippen molar-refractivity contribution in [1.29, 1.82) is 0 Å². The van der Waals surface area contributed by atoms with Crippen LogP contribution in [-0.2, 0) is 11.2 Å². The van der Waals surface area contributed by atoms with E-state index in [9.17, 15) is 4.79 Å². The average molecular weight is 340 g/mol. The Kier molecular flexibility index (Phi) is 5.77. The molecule has 2 aliphatic rings. The highest BCUT2D eigenvalue weighted by Crippen LogP contribution is 2.26. The number of piperidine rings is 1. The van der Waals surface area contributed by atoms with Crippen molar-refractivity contribution >= 4 is 29.0 Å². The molecule has 0 bridgehead atoms. The van der Waals surface area contributed by atoms with Gasteiger partial charge in [0.05, 0.1) is 10.7 Å². The van der Waals surface area contributed by atoms with Crippen LogP contribution < -0.4 is 5.32 Å². The molecule has 3 rings (SSSR count). The molecule has 1 atom stereocenters. The van der Waals surface area contributed by atoms with Crippen molar-refractivity contribution in [1.82, 2.24) is 15.2 Å². The standard InChI is InChI=1S/C16H25N3OS2/c1-12-18-14(10-22-12)2-6-17-16(20)13-3-7-19(8-4-13)15-5-9-21-11-15/h10,13,15H,2-9,11H2,1H3,(H,17,20)/t15-/m1/s1. The maximum atomic E-state index is 12.3. The van der Waals surface area contributed by atoms with E-state index in [1.807, 2.05) is 6.92 Å². The van der Waals surface area contributed by atoms with Crippen LogP contribution in [0.4, 0.5) is 0 Å². The maximum Gasteiger partial charge on any atom is 0.223 e. The highest BCUT2D eigenvalue weighted by Gasteiger charge is 2.29. The monoisotopic (exact) mass is 339 g/mol. The summed E-state index contributed by atoms with van der Waals surface area (Å²) in [4.78, 5) is 19.3. The molecule has 0 saturated carbocycles. The van der Waals surface area contributed by atoms with Crippen molar-refractivity contribution in [3.05, 3.63) is 16.1 Å². The fourth-order valence-electron chi connectivity index (χ4n) is 3.32. The maximum absolute atomic E-state index is 12.3. The zero-order valence-electron chi connectivity index (χ0n) is 13.2. The van der Waals surface area contributed by atoms with Crippen molar-refractivity contribution in [2.75, 3.05) is 31.1 Å². The number of carbonyl (C=O) groups is 1. The number of nitrogens with zero attached hydrogens (tertiary/aromatic N) is 2. The smallest absolute Gasteiger partial charge is 0.223 e. The summed E-state index contributed by atoms with van der Waals surface area (Å²) >= 11 is 3.74. The van der Waals surface area contributed by atoms with E-state index in [-0.39, 0.29) is 11.8 Å². The van der Waals surface area contributed by atoms with E-state index in [0.717, 1.165) is 49.1 Å². The Hall–Kier alpha value is -0.590. The molecule has 1 aromatic rings. The molecule has 1 N–H and O–H groups in total. The first-order valence-electron chi connectivity index (χ1n) is 8.23. The van der Waals surface area contributed by atoms with Crippen LogP contribution in [0.2, 0.25) is 0 Å². The third-order valence-electron chi connectivity index (χ3n) is 4.67. The summed E-state index contributed by atoms with van der Waals surface area (Å²) in [6.45, 7) is 4.91. The summed E-state index contributed by atoms with van der Waals surface area (Å²) < 4.78 is 0. The normalized spacial score (nSPS) is 23.8. The Bertz CT molecular complexity index is 491. The first-order chi connectivity index (χ1) is 10.7. The molecule has 3 heterocycles. The summed E-state index contributed by atoms with van der Waals surface area (Å²) in [5.74, 6) is 3.04. The van der Waals surface area contributed by atoms with Crippen LogP contribution >= 0.6 is 23.1 Å². The predicted molar refractivity (Wildman–Crippen MR) is 93.6 cm³/mol. The van der Waals surface area contributed by atoms with Crippen LogP contribution in [0.5, 0.6) is 0 Å². The average Bonchev–Trinajstić information content (AvgIpc) is 3.19. The van der Waals surface area contributed by atoms with Crippen LogP contribution in [0.25, 0.3) is 0 Å². The van der Waals surface area contributed by atoms with Gasteiger partial charge in [-0.1, -0.05) is 0 Å². The van der Waals surface area contributed by atoms with Gasteiger partial charge in [0, 0.05) is 36.1 Å². The second-order valence-electron chi connectivity index (χ2n) is 6.23. The fourth-order valence-corrected chi connectivity index (χ4v) is 5.22. The second-order valence-corrected chi connectivity index (χ2v) is 8.44. The van der Waals surface area contributed by atoms with E-state index in [1.165, 1.54) is 17.9 Å². The summed E-state index contributed by atoms with van der Waals surface area (Å²) in [6, 6.07) is 0.766. The van der Waals surface area contributed by atoms with Gasteiger partial charge in [-0.15, -0.1) is 11.3 Å². The van der Waals surface area contributed by atoms with E-state index in [4.69, 9.17) is 0 Å². The molecule has 0 aromatic carbocycles. The lowest BCUT2D eigenvalue weighted by molar-refractivity contribution is -0.126.